The minimum atomic E-state index is 1.11. The molecule has 2 heteroatoms. The number of hydrogen-bond acceptors (Lipinski definition) is 1. The lowest BCUT2D eigenvalue weighted by Gasteiger charge is -2.26. The number of benzene rings is 8. The summed E-state index contributed by atoms with van der Waals surface area (Å²) in [4.78, 5) is 2.33. The van der Waals surface area contributed by atoms with E-state index in [1.807, 2.05) is 0 Å². The third-order valence-electron chi connectivity index (χ3n) is 9.15. The molecule has 9 rings (SSSR count). The van der Waals surface area contributed by atoms with Crippen molar-refractivity contribution < 1.29 is 0 Å². The Morgan fingerprint density at radius 3 is 1.59 bits per heavy atom. The van der Waals surface area contributed by atoms with Gasteiger partial charge in [-0.2, -0.15) is 0 Å². The predicted octanol–water partition coefficient (Wildman–Crippen LogP) is 12.2. The fraction of sp³-hybridized carbons (Fsp3) is 0. The van der Waals surface area contributed by atoms with Crippen LogP contribution in [0.1, 0.15) is 0 Å². The second-order valence-corrected chi connectivity index (χ2v) is 11.8. The Morgan fingerprint density at radius 2 is 0.870 bits per heavy atom. The molecule has 0 saturated heterocycles. The fourth-order valence-electron chi connectivity index (χ4n) is 7.02. The van der Waals surface area contributed by atoms with E-state index in [1.165, 1.54) is 54.5 Å². The number of aromatic nitrogens is 1. The smallest absolute Gasteiger partial charge is 0.0619 e. The lowest BCUT2D eigenvalue weighted by atomic mass is 10.0. The highest BCUT2D eigenvalue weighted by molar-refractivity contribution is 6.25. The van der Waals surface area contributed by atoms with Crippen LogP contribution in [0.4, 0.5) is 17.1 Å². The average molecular weight is 587 g/mol. The van der Waals surface area contributed by atoms with Crippen molar-refractivity contribution in [2.45, 2.75) is 0 Å². The van der Waals surface area contributed by atoms with Crippen LogP contribution in [0.2, 0.25) is 0 Å². The van der Waals surface area contributed by atoms with E-state index in [9.17, 15) is 0 Å². The van der Waals surface area contributed by atoms with Crippen LogP contribution >= 0.6 is 0 Å². The maximum Gasteiger partial charge on any atom is 0.0619 e. The molecule has 0 aliphatic rings. The Balaban J connectivity index is 1.22. The topological polar surface area (TPSA) is 8.17 Å². The molecular weight excluding hydrogens is 556 g/mol. The molecule has 1 heterocycles. The Labute approximate surface area is 268 Å². The van der Waals surface area contributed by atoms with Crippen molar-refractivity contribution in [1.29, 1.82) is 0 Å². The van der Waals surface area contributed by atoms with Gasteiger partial charge < -0.3 is 9.47 Å². The molecule has 0 spiro atoms. The van der Waals surface area contributed by atoms with E-state index in [0.29, 0.717) is 0 Å². The Kier molecular flexibility index (Phi) is 6.17. The van der Waals surface area contributed by atoms with E-state index in [0.717, 1.165) is 22.7 Å². The summed E-state index contributed by atoms with van der Waals surface area (Å²) in [6, 6.07) is 65.6. The Hall–Kier alpha value is -6.12. The molecule has 0 unspecified atom stereocenters. The SMILES string of the molecule is c1ccc(-c2ccc(N(c3ccccc3)c3ccc(-n4c5ccc6ccccc6c5c5ccc6ccccc6c54)cc3)cc2)cc1. The van der Waals surface area contributed by atoms with Crippen LogP contribution in [0.25, 0.3) is 60.2 Å². The molecule has 1 aromatic heterocycles. The minimum absolute atomic E-state index is 1.11. The number of hydrogen-bond donors (Lipinski definition) is 0. The summed E-state index contributed by atoms with van der Waals surface area (Å²) in [6.45, 7) is 0. The molecule has 0 fully saturated rings. The van der Waals surface area contributed by atoms with Crippen molar-refractivity contribution in [2.75, 3.05) is 4.90 Å². The second kappa shape index (κ2) is 10.8. The largest absolute Gasteiger partial charge is 0.311 e. The van der Waals surface area contributed by atoms with Crippen LogP contribution in [0, 0.1) is 0 Å². The summed E-state index contributed by atoms with van der Waals surface area (Å²) in [5.74, 6) is 0. The molecule has 0 N–H and O–H groups in total. The fourth-order valence-corrected chi connectivity index (χ4v) is 7.02. The first-order valence-electron chi connectivity index (χ1n) is 15.8. The van der Waals surface area contributed by atoms with Crippen molar-refractivity contribution in [1.82, 2.24) is 4.57 Å². The molecule has 2 nitrogen and oxygen atoms in total. The number of fused-ring (bicyclic) bond motifs is 7. The lowest BCUT2D eigenvalue weighted by Crippen LogP contribution is -2.10. The van der Waals surface area contributed by atoms with Crippen LogP contribution in [0.15, 0.2) is 182 Å². The summed E-state index contributed by atoms with van der Waals surface area (Å²) in [5.41, 5.74) is 9.38. The summed E-state index contributed by atoms with van der Waals surface area (Å²) < 4.78 is 2.45. The van der Waals surface area contributed by atoms with Gasteiger partial charge >= 0.3 is 0 Å². The maximum absolute atomic E-state index is 2.45. The normalized spacial score (nSPS) is 11.5. The van der Waals surface area contributed by atoms with E-state index in [2.05, 4.69) is 191 Å². The minimum Gasteiger partial charge on any atom is -0.311 e. The Morgan fingerprint density at radius 1 is 0.348 bits per heavy atom. The highest BCUT2D eigenvalue weighted by Gasteiger charge is 2.18. The van der Waals surface area contributed by atoms with Gasteiger partial charge in [0, 0.05) is 38.9 Å². The quantitative estimate of drug-likeness (QED) is 0.195. The first-order valence-corrected chi connectivity index (χ1v) is 15.8. The molecule has 0 aliphatic heterocycles. The summed E-state index contributed by atoms with van der Waals surface area (Å²) in [5, 5.41) is 7.62. The van der Waals surface area contributed by atoms with Gasteiger partial charge in [0.1, 0.15) is 0 Å². The van der Waals surface area contributed by atoms with Crippen LogP contribution < -0.4 is 4.90 Å². The van der Waals surface area contributed by atoms with Gasteiger partial charge in [0.15, 0.2) is 0 Å². The third kappa shape index (κ3) is 4.27. The van der Waals surface area contributed by atoms with Crippen LogP contribution in [-0.2, 0) is 0 Å². The zero-order chi connectivity index (χ0) is 30.5. The third-order valence-corrected chi connectivity index (χ3v) is 9.15. The van der Waals surface area contributed by atoms with Gasteiger partial charge in [0.25, 0.3) is 0 Å². The Bertz CT molecular complexity index is 2490. The molecule has 0 aliphatic carbocycles. The lowest BCUT2D eigenvalue weighted by molar-refractivity contribution is 1.18. The van der Waals surface area contributed by atoms with Gasteiger partial charge in [-0.15, -0.1) is 0 Å². The number of rotatable bonds is 5. The van der Waals surface area contributed by atoms with Crippen molar-refractivity contribution >= 4 is 60.4 Å². The van der Waals surface area contributed by atoms with Crippen LogP contribution in [0.3, 0.4) is 0 Å². The van der Waals surface area contributed by atoms with Gasteiger partial charge in [-0.3, -0.25) is 0 Å². The van der Waals surface area contributed by atoms with Crippen molar-refractivity contribution in [3.63, 3.8) is 0 Å². The van der Waals surface area contributed by atoms with Crippen LogP contribution in [-0.4, -0.2) is 4.57 Å². The van der Waals surface area contributed by atoms with Gasteiger partial charge in [-0.25, -0.2) is 0 Å². The predicted molar refractivity (Wildman–Crippen MR) is 196 cm³/mol. The summed E-state index contributed by atoms with van der Waals surface area (Å²) in [6.07, 6.45) is 0. The molecule has 0 radical (unpaired) electrons. The van der Waals surface area contributed by atoms with E-state index in [1.54, 1.807) is 0 Å². The molecule has 46 heavy (non-hydrogen) atoms. The zero-order valence-electron chi connectivity index (χ0n) is 25.2. The first-order chi connectivity index (χ1) is 22.8. The van der Waals surface area contributed by atoms with E-state index in [-0.39, 0.29) is 0 Å². The average Bonchev–Trinajstić information content (AvgIpc) is 3.49. The molecule has 9 aromatic rings. The maximum atomic E-state index is 2.45. The highest BCUT2D eigenvalue weighted by atomic mass is 15.1. The van der Waals surface area contributed by atoms with Crippen molar-refractivity contribution in [3.05, 3.63) is 182 Å². The standard InChI is InChI=1S/C44H30N2/c1-3-11-31(12-4-1)32-19-23-36(24-20-32)45(35-15-5-2-6-16-35)37-25-27-38(28-26-37)46-42-30-22-33-13-7-9-17-39(33)43(42)41-29-21-34-14-8-10-18-40(34)44(41)46/h1-30H. The van der Waals surface area contributed by atoms with Crippen molar-refractivity contribution in [2.24, 2.45) is 0 Å². The molecule has 8 aromatic carbocycles. The van der Waals surface area contributed by atoms with Gasteiger partial charge in [-0.1, -0.05) is 127 Å². The number of nitrogens with zero attached hydrogens (tertiary/aromatic N) is 2. The summed E-state index contributed by atoms with van der Waals surface area (Å²) in [7, 11) is 0. The van der Waals surface area contributed by atoms with Gasteiger partial charge in [-0.05, 0) is 81.9 Å². The molecule has 0 amide bonds. The molecule has 216 valence electrons. The van der Waals surface area contributed by atoms with E-state index >= 15 is 0 Å². The van der Waals surface area contributed by atoms with E-state index < -0.39 is 0 Å². The van der Waals surface area contributed by atoms with Gasteiger partial charge in [0.05, 0.1) is 11.0 Å². The molecule has 0 saturated carbocycles. The molecule has 0 bridgehead atoms. The first kappa shape index (κ1) is 26.3. The number of anilines is 3. The van der Waals surface area contributed by atoms with Crippen molar-refractivity contribution in [3.8, 4) is 16.8 Å². The monoisotopic (exact) mass is 586 g/mol. The zero-order valence-corrected chi connectivity index (χ0v) is 25.2. The summed E-state index contributed by atoms with van der Waals surface area (Å²) >= 11 is 0. The molecular formula is C44H30N2. The second-order valence-electron chi connectivity index (χ2n) is 11.8. The molecule has 0 atom stereocenters. The van der Waals surface area contributed by atoms with Crippen LogP contribution in [0.5, 0.6) is 0 Å². The van der Waals surface area contributed by atoms with Gasteiger partial charge in [0.2, 0.25) is 0 Å². The van der Waals surface area contributed by atoms with E-state index in [4.69, 9.17) is 0 Å². The highest BCUT2D eigenvalue weighted by Crippen LogP contribution is 2.41. The number of para-hydroxylation sites is 1.